The molecule has 0 bridgehead atoms. The van der Waals surface area contributed by atoms with Gasteiger partial charge in [-0.25, -0.2) is 4.39 Å². The minimum absolute atomic E-state index is 0.0188. The molecule has 98 valence electrons. The maximum atomic E-state index is 13.6. The van der Waals surface area contributed by atoms with E-state index in [1.165, 1.54) is 12.1 Å². The fraction of sp³-hybridized carbons (Fsp3) is 0.462. The summed E-state index contributed by atoms with van der Waals surface area (Å²) in [5, 5.41) is 12.0. The molecule has 1 saturated carbocycles. The molecular formula is C13H16FNO3. The van der Waals surface area contributed by atoms with Gasteiger partial charge in [-0.3, -0.25) is 4.79 Å². The van der Waals surface area contributed by atoms with Gasteiger partial charge in [0.05, 0.1) is 6.10 Å². The highest BCUT2D eigenvalue weighted by Gasteiger charge is 2.23. The summed E-state index contributed by atoms with van der Waals surface area (Å²) in [5.41, 5.74) is 0.474. The zero-order valence-corrected chi connectivity index (χ0v) is 10.1. The molecule has 0 radical (unpaired) electrons. The lowest BCUT2D eigenvalue weighted by molar-refractivity contribution is -0.123. The summed E-state index contributed by atoms with van der Waals surface area (Å²) in [5.74, 6) is -0.797. The molecule has 0 saturated heterocycles. The van der Waals surface area contributed by atoms with Crippen molar-refractivity contribution in [2.24, 2.45) is 0 Å². The predicted octanol–water partition coefficient (Wildman–Crippen LogP) is 1.54. The molecule has 0 aromatic heterocycles. The topological polar surface area (TPSA) is 58.6 Å². The van der Waals surface area contributed by atoms with Crippen molar-refractivity contribution in [2.75, 3.05) is 6.61 Å². The van der Waals surface area contributed by atoms with E-state index in [0.29, 0.717) is 5.56 Å². The normalized spacial score (nSPS) is 16.2. The van der Waals surface area contributed by atoms with Crippen LogP contribution in [-0.2, 0) is 4.79 Å². The van der Waals surface area contributed by atoms with Gasteiger partial charge >= 0.3 is 0 Å². The molecule has 5 heteroatoms. The standard InChI is InChI=1S/C13H16FNO3/c1-8(16)9-2-5-12(11(14)6-9)18-7-13(17)15-10-3-4-10/h2,5-6,8,10,16H,3-4,7H2,1H3,(H,15,17)/t8-/m0/s1. The Kier molecular flexibility index (Phi) is 3.81. The van der Waals surface area contributed by atoms with Gasteiger partial charge < -0.3 is 15.2 Å². The Morgan fingerprint density at radius 3 is 2.89 bits per heavy atom. The van der Waals surface area contributed by atoms with Gasteiger partial charge in [0, 0.05) is 6.04 Å². The molecule has 0 unspecified atom stereocenters. The number of amides is 1. The van der Waals surface area contributed by atoms with Crippen molar-refractivity contribution in [2.45, 2.75) is 31.9 Å². The van der Waals surface area contributed by atoms with Crippen LogP contribution in [0.3, 0.4) is 0 Å². The number of carbonyl (C=O) groups excluding carboxylic acids is 1. The van der Waals surface area contributed by atoms with Crippen LogP contribution in [0.2, 0.25) is 0 Å². The number of hydrogen-bond donors (Lipinski definition) is 2. The average molecular weight is 253 g/mol. The Bertz CT molecular complexity index is 444. The van der Waals surface area contributed by atoms with Crippen LogP contribution in [0.1, 0.15) is 31.4 Å². The van der Waals surface area contributed by atoms with E-state index < -0.39 is 11.9 Å². The van der Waals surface area contributed by atoms with Crippen LogP contribution in [0, 0.1) is 5.82 Å². The molecule has 1 atom stereocenters. The van der Waals surface area contributed by atoms with E-state index in [9.17, 15) is 14.3 Å². The Labute approximate surface area is 105 Å². The van der Waals surface area contributed by atoms with Gasteiger partial charge in [0.25, 0.3) is 5.91 Å². The smallest absolute Gasteiger partial charge is 0.258 e. The minimum Gasteiger partial charge on any atom is -0.481 e. The number of benzene rings is 1. The molecule has 0 aliphatic heterocycles. The van der Waals surface area contributed by atoms with Crippen molar-refractivity contribution < 1.29 is 19.0 Å². The van der Waals surface area contributed by atoms with Gasteiger partial charge in [-0.05, 0) is 37.5 Å². The van der Waals surface area contributed by atoms with Crippen LogP contribution in [0.25, 0.3) is 0 Å². The zero-order valence-electron chi connectivity index (χ0n) is 10.1. The van der Waals surface area contributed by atoms with E-state index in [2.05, 4.69) is 5.32 Å². The highest BCUT2D eigenvalue weighted by molar-refractivity contribution is 5.78. The second-order valence-corrected chi connectivity index (χ2v) is 4.50. The summed E-state index contributed by atoms with van der Waals surface area (Å²) in [6.45, 7) is 1.36. The molecule has 2 N–H and O–H groups in total. The second kappa shape index (κ2) is 5.35. The first-order valence-electron chi connectivity index (χ1n) is 5.96. The third-order valence-electron chi connectivity index (χ3n) is 2.74. The van der Waals surface area contributed by atoms with Crippen LogP contribution in [0.5, 0.6) is 5.75 Å². The molecule has 18 heavy (non-hydrogen) atoms. The van der Waals surface area contributed by atoms with Crippen LogP contribution in [0.15, 0.2) is 18.2 Å². The minimum atomic E-state index is -0.730. The summed E-state index contributed by atoms with van der Waals surface area (Å²) in [6, 6.07) is 4.46. The zero-order chi connectivity index (χ0) is 13.1. The SMILES string of the molecule is C[C@H](O)c1ccc(OCC(=O)NC2CC2)c(F)c1. The Hall–Kier alpha value is -1.62. The number of halogens is 1. The van der Waals surface area contributed by atoms with E-state index in [1.807, 2.05) is 0 Å². The number of carbonyl (C=O) groups is 1. The largest absolute Gasteiger partial charge is 0.481 e. The summed E-state index contributed by atoms with van der Waals surface area (Å²) >= 11 is 0. The van der Waals surface area contributed by atoms with Crippen molar-refractivity contribution in [1.29, 1.82) is 0 Å². The summed E-state index contributed by atoms with van der Waals surface area (Å²) in [6.07, 6.45) is 1.28. The van der Waals surface area contributed by atoms with Crippen molar-refractivity contribution >= 4 is 5.91 Å². The van der Waals surface area contributed by atoms with Gasteiger partial charge in [0.15, 0.2) is 18.2 Å². The van der Waals surface area contributed by atoms with E-state index in [1.54, 1.807) is 13.0 Å². The third-order valence-corrected chi connectivity index (χ3v) is 2.74. The van der Waals surface area contributed by atoms with Gasteiger partial charge in [-0.15, -0.1) is 0 Å². The molecule has 1 aliphatic rings. The van der Waals surface area contributed by atoms with Crippen LogP contribution >= 0.6 is 0 Å². The van der Waals surface area contributed by atoms with Crippen molar-refractivity contribution in [3.63, 3.8) is 0 Å². The Balaban J connectivity index is 1.90. The highest BCUT2D eigenvalue weighted by atomic mass is 19.1. The highest BCUT2D eigenvalue weighted by Crippen LogP contribution is 2.22. The number of aliphatic hydroxyl groups is 1. The summed E-state index contributed by atoms with van der Waals surface area (Å²) in [7, 11) is 0. The Morgan fingerprint density at radius 2 is 2.33 bits per heavy atom. The molecule has 1 aromatic carbocycles. The lowest BCUT2D eigenvalue weighted by Crippen LogP contribution is -2.30. The molecule has 1 fully saturated rings. The fourth-order valence-electron chi connectivity index (χ4n) is 1.53. The van der Waals surface area contributed by atoms with E-state index in [4.69, 9.17) is 4.74 Å². The third kappa shape index (κ3) is 3.43. The molecule has 0 spiro atoms. The molecule has 0 heterocycles. The summed E-state index contributed by atoms with van der Waals surface area (Å²) in [4.78, 5) is 11.4. The number of rotatable bonds is 5. The summed E-state index contributed by atoms with van der Waals surface area (Å²) < 4.78 is 18.7. The second-order valence-electron chi connectivity index (χ2n) is 4.50. The van der Waals surface area contributed by atoms with Crippen LogP contribution < -0.4 is 10.1 Å². The van der Waals surface area contributed by atoms with Gasteiger partial charge in [0.1, 0.15) is 0 Å². The first kappa shape index (κ1) is 12.8. The quantitative estimate of drug-likeness (QED) is 0.836. The maximum Gasteiger partial charge on any atom is 0.258 e. The predicted molar refractivity (Wildman–Crippen MR) is 63.7 cm³/mol. The van der Waals surface area contributed by atoms with E-state index in [0.717, 1.165) is 12.8 Å². The fourth-order valence-corrected chi connectivity index (χ4v) is 1.53. The molecule has 1 aromatic rings. The lowest BCUT2D eigenvalue weighted by atomic mass is 10.1. The number of ether oxygens (including phenoxy) is 1. The average Bonchev–Trinajstić information content (AvgIpc) is 3.11. The molecule has 1 amide bonds. The number of aliphatic hydroxyl groups excluding tert-OH is 1. The first-order chi connectivity index (χ1) is 8.56. The van der Waals surface area contributed by atoms with Crippen molar-refractivity contribution in [3.8, 4) is 5.75 Å². The molecule has 4 nitrogen and oxygen atoms in total. The van der Waals surface area contributed by atoms with Crippen molar-refractivity contribution in [3.05, 3.63) is 29.6 Å². The van der Waals surface area contributed by atoms with E-state index in [-0.39, 0.29) is 24.3 Å². The van der Waals surface area contributed by atoms with Gasteiger partial charge in [-0.1, -0.05) is 6.07 Å². The lowest BCUT2D eigenvalue weighted by Gasteiger charge is -2.10. The van der Waals surface area contributed by atoms with Crippen LogP contribution in [-0.4, -0.2) is 23.7 Å². The molecular weight excluding hydrogens is 237 g/mol. The Morgan fingerprint density at radius 1 is 1.61 bits per heavy atom. The van der Waals surface area contributed by atoms with Gasteiger partial charge in [0.2, 0.25) is 0 Å². The molecule has 2 rings (SSSR count). The number of hydrogen-bond acceptors (Lipinski definition) is 3. The van der Waals surface area contributed by atoms with Crippen molar-refractivity contribution in [1.82, 2.24) is 5.32 Å². The first-order valence-corrected chi connectivity index (χ1v) is 5.96. The monoisotopic (exact) mass is 253 g/mol. The maximum absolute atomic E-state index is 13.6. The van der Waals surface area contributed by atoms with Crippen LogP contribution in [0.4, 0.5) is 4.39 Å². The van der Waals surface area contributed by atoms with Gasteiger partial charge in [-0.2, -0.15) is 0 Å². The number of nitrogens with one attached hydrogen (secondary N) is 1. The molecule has 1 aliphatic carbocycles. The van der Waals surface area contributed by atoms with E-state index >= 15 is 0 Å².